The second-order valence-electron chi connectivity index (χ2n) is 8.76. The first-order chi connectivity index (χ1) is 13.4. The van der Waals surface area contributed by atoms with Crippen molar-refractivity contribution in [2.45, 2.75) is 84.0 Å². The van der Waals surface area contributed by atoms with Crippen molar-refractivity contribution in [1.82, 2.24) is 0 Å². The molecule has 3 aliphatic rings. The first-order valence-electron chi connectivity index (χ1n) is 10.8. The quantitative estimate of drug-likeness (QED) is 0.638. The van der Waals surface area contributed by atoms with Crippen molar-refractivity contribution in [2.24, 2.45) is 23.7 Å². The molecule has 164 valence electrons. The van der Waals surface area contributed by atoms with E-state index in [1.54, 1.807) is 0 Å². The third kappa shape index (κ3) is 5.85. The van der Waals surface area contributed by atoms with Crippen molar-refractivity contribution in [2.75, 3.05) is 0 Å². The Balaban J connectivity index is 0.00000300. The minimum atomic E-state index is -0.593. The number of hydrogen-bond donors (Lipinski definition) is 1. The van der Waals surface area contributed by atoms with Gasteiger partial charge in [0.05, 0.1) is 18.4 Å². The van der Waals surface area contributed by atoms with E-state index in [0.29, 0.717) is 18.3 Å². The molecule has 2 aliphatic carbocycles. The number of allylic oxidation sites excluding steroid dienone is 3. The van der Waals surface area contributed by atoms with Crippen LogP contribution in [0.2, 0.25) is 0 Å². The van der Waals surface area contributed by atoms with Crippen LogP contribution in [0.1, 0.15) is 65.7 Å². The Labute approximate surface area is 180 Å². The summed E-state index contributed by atoms with van der Waals surface area (Å²) in [4.78, 5) is 24.1. The van der Waals surface area contributed by atoms with E-state index in [4.69, 9.17) is 9.47 Å². The molecule has 1 saturated heterocycles. The molecule has 0 unspecified atom stereocenters. The fourth-order valence-corrected chi connectivity index (χ4v) is 4.80. The Hall–Kier alpha value is -1.33. The lowest BCUT2D eigenvalue weighted by molar-refractivity contribution is -0.162. The van der Waals surface area contributed by atoms with E-state index in [0.717, 1.165) is 32.1 Å². The van der Waals surface area contributed by atoms with Crippen LogP contribution in [0.3, 0.4) is 0 Å². The highest BCUT2D eigenvalue weighted by atomic mass is 35.5. The van der Waals surface area contributed by atoms with E-state index in [2.05, 4.69) is 25.2 Å². The molecular weight excluding hydrogens is 392 g/mol. The van der Waals surface area contributed by atoms with Crippen LogP contribution in [-0.2, 0) is 19.1 Å². The lowest BCUT2D eigenvalue weighted by Gasteiger charge is -2.42. The molecule has 0 aromatic carbocycles. The van der Waals surface area contributed by atoms with Gasteiger partial charge in [0, 0.05) is 12.3 Å². The molecule has 0 amide bonds. The maximum absolute atomic E-state index is 12.4. The summed E-state index contributed by atoms with van der Waals surface area (Å²) in [5, 5.41) is 9.86. The lowest BCUT2D eigenvalue weighted by atomic mass is 9.66. The largest absolute Gasteiger partial charge is 0.462 e. The van der Waals surface area contributed by atoms with Crippen LogP contribution >= 0.6 is 12.4 Å². The molecule has 3 rings (SSSR count). The average molecular weight is 427 g/mol. The molecule has 0 aromatic heterocycles. The molecule has 0 aromatic rings. The smallest absolute Gasteiger partial charge is 0.308 e. The highest BCUT2D eigenvalue weighted by molar-refractivity contribution is 5.85. The molecule has 0 spiro atoms. The minimum Gasteiger partial charge on any atom is -0.462 e. The minimum absolute atomic E-state index is 0. The van der Waals surface area contributed by atoms with Crippen molar-refractivity contribution >= 4 is 24.3 Å². The number of cyclic esters (lactones) is 1. The van der Waals surface area contributed by atoms with Crippen LogP contribution in [0.25, 0.3) is 0 Å². The van der Waals surface area contributed by atoms with Crippen molar-refractivity contribution < 1.29 is 24.2 Å². The summed E-state index contributed by atoms with van der Waals surface area (Å²) in [5.41, 5.74) is 1.27. The molecule has 6 heteroatoms. The Morgan fingerprint density at radius 2 is 2.14 bits per heavy atom. The molecule has 29 heavy (non-hydrogen) atoms. The predicted octanol–water partition coefficient (Wildman–Crippen LogP) is 4.37. The van der Waals surface area contributed by atoms with Gasteiger partial charge in [0.1, 0.15) is 12.2 Å². The molecular formula is C23H35ClO5. The van der Waals surface area contributed by atoms with Gasteiger partial charge in [0.2, 0.25) is 0 Å². The average Bonchev–Trinajstić information content (AvgIpc) is 2.66. The molecule has 1 heterocycles. The van der Waals surface area contributed by atoms with Gasteiger partial charge in [-0.05, 0) is 49.5 Å². The number of carbonyl (C=O) groups is 2. The number of aliphatic hydroxyl groups excluding tert-OH is 1. The Morgan fingerprint density at radius 1 is 1.38 bits per heavy atom. The Bertz CT molecular complexity index is 643. The Kier molecular flexibility index (Phi) is 8.77. The SMILES string of the molecule is CC[C@H](C)C(=O)O[C@H]1CCC=C2C=C[C@H](C)[C@H](CC[C@@H]3C[C@@H](O)CC(=O)O3)[C@H]21.Cl. The molecule has 1 fully saturated rings. The summed E-state index contributed by atoms with van der Waals surface area (Å²) in [6, 6.07) is 0. The van der Waals surface area contributed by atoms with Crippen molar-refractivity contribution in [3.63, 3.8) is 0 Å². The highest BCUT2D eigenvalue weighted by Crippen LogP contribution is 2.44. The fourth-order valence-electron chi connectivity index (χ4n) is 4.80. The van der Waals surface area contributed by atoms with Crippen molar-refractivity contribution in [3.05, 3.63) is 23.8 Å². The predicted molar refractivity (Wildman–Crippen MR) is 114 cm³/mol. The van der Waals surface area contributed by atoms with Gasteiger partial charge in [0.25, 0.3) is 0 Å². The summed E-state index contributed by atoms with van der Waals surface area (Å²) in [6.07, 6.45) is 10.6. The van der Waals surface area contributed by atoms with Crippen molar-refractivity contribution in [3.8, 4) is 0 Å². The molecule has 1 N–H and O–H groups in total. The lowest BCUT2D eigenvalue weighted by Crippen LogP contribution is -2.40. The van der Waals surface area contributed by atoms with Gasteiger partial charge in [-0.15, -0.1) is 12.4 Å². The molecule has 0 bridgehead atoms. The number of esters is 2. The second kappa shape index (κ2) is 10.6. The summed E-state index contributed by atoms with van der Waals surface area (Å²) in [5.74, 6) is 0.426. The van der Waals surface area contributed by atoms with Crippen LogP contribution in [0, 0.1) is 23.7 Å². The van der Waals surface area contributed by atoms with Gasteiger partial charge in [-0.3, -0.25) is 9.59 Å². The van der Waals surface area contributed by atoms with E-state index in [-0.39, 0.29) is 54.8 Å². The van der Waals surface area contributed by atoms with Gasteiger partial charge in [-0.25, -0.2) is 0 Å². The summed E-state index contributed by atoms with van der Waals surface area (Å²) < 4.78 is 11.4. The van der Waals surface area contributed by atoms with Crippen LogP contribution in [0.5, 0.6) is 0 Å². The standard InChI is InChI=1S/C23H34O5.ClH/c1-4-14(2)23(26)28-20-7-5-6-16-9-8-15(3)19(22(16)20)11-10-18-12-17(24)13-21(25)27-18;/h6,8-9,14-15,17-20,22,24H,4-5,7,10-13H2,1-3H3;1H/t14-,15-,17+,18+,19-,20-,22-;/m0./s1. The summed E-state index contributed by atoms with van der Waals surface area (Å²) in [7, 11) is 0. The number of halogens is 1. The third-order valence-electron chi connectivity index (χ3n) is 6.69. The number of rotatable bonds is 6. The second-order valence-corrected chi connectivity index (χ2v) is 8.76. The zero-order valence-electron chi connectivity index (χ0n) is 17.7. The number of aliphatic hydroxyl groups is 1. The van der Waals surface area contributed by atoms with E-state index in [1.807, 2.05) is 13.8 Å². The number of ether oxygens (including phenoxy) is 2. The zero-order valence-corrected chi connectivity index (χ0v) is 18.5. The summed E-state index contributed by atoms with van der Waals surface area (Å²) in [6.45, 7) is 6.14. The van der Waals surface area contributed by atoms with Crippen LogP contribution in [0.15, 0.2) is 23.8 Å². The molecule has 0 saturated carbocycles. The van der Waals surface area contributed by atoms with Gasteiger partial charge < -0.3 is 14.6 Å². The topological polar surface area (TPSA) is 72.8 Å². The normalized spacial score (nSPS) is 34.9. The molecule has 5 nitrogen and oxygen atoms in total. The van der Waals surface area contributed by atoms with E-state index in [1.165, 1.54) is 5.57 Å². The maximum atomic E-state index is 12.4. The van der Waals surface area contributed by atoms with Crippen LogP contribution < -0.4 is 0 Å². The maximum Gasteiger partial charge on any atom is 0.308 e. The van der Waals surface area contributed by atoms with Crippen LogP contribution in [0.4, 0.5) is 0 Å². The first-order valence-corrected chi connectivity index (χ1v) is 10.8. The van der Waals surface area contributed by atoms with Gasteiger partial charge in [-0.1, -0.05) is 39.0 Å². The molecule has 0 radical (unpaired) electrons. The van der Waals surface area contributed by atoms with Crippen LogP contribution in [-0.4, -0.2) is 35.4 Å². The van der Waals surface area contributed by atoms with E-state index >= 15 is 0 Å². The van der Waals surface area contributed by atoms with Gasteiger partial charge in [0.15, 0.2) is 0 Å². The van der Waals surface area contributed by atoms with Gasteiger partial charge in [-0.2, -0.15) is 0 Å². The van der Waals surface area contributed by atoms with Crippen molar-refractivity contribution in [1.29, 1.82) is 0 Å². The summed E-state index contributed by atoms with van der Waals surface area (Å²) >= 11 is 0. The molecule has 1 aliphatic heterocycles. The number of fused-ring (bicyclic) bond motifs is 1. The monoisotopic (exact) mass is 426 g/mol. The highest BCUT2D eigenvalue weighted by Gasteiger charge is 2.40. The van der Waals surface area contributed by atoms with E-state index < -0.39 is 6.10 Å². The number of carbonyl (C=O) groups excluding carboxylic acids is 2. The zero-order chi connectivity index (χ0) is 20.3. The first kappa shape index (κ1) is 23.9. The fraction of sp³-hybridized carbons (Fsp3) is 0.739. The third-order valence-corrected chi connectivity index (χ3v) is 6.69. The van der Waals surface area contributed by atoms with E-state index in [9.17, 15) is 14.7 Å². The molecule has 7 atom stereocenters. The Morgan fingerprint density at radius 3 is 2.83 bits per heavy atom. The number of hydrogen-bond acceptors (Lipinski definition) is 5. The van der Waals surface area contributed by atoms with Gasteiger partial charge >= 0.3 is 11.9 Å².